The molecular formula is C9H12O2. The minimum absolute atomic E-state index is 0.188. The normalized spacial score (nSPS) is 10.1. The quantitative estimate of drug-likeness (QED) is 0.597. The molecule has 0 saturated carbocycles. The molecule has 0 aromatic heterocycles. The van der Waals surface area contributed by atoms with Gasteiger partial charge in [0, 0.05) is 5.56 Å². The first kappa shape index (κ1) is 7.92. The number of phenolic OH excluding ortho intramolecular Hbond substituents is 2. The summed E-state index contributed by atoms with van der Waals surface area (Å²) in [6.07, 6.45) is 0. The summed E-state index contributed by atoms with van der Waals surface area (Å²) in [5.74, 6) is 0.376. The highest BCUT2D eigenvalue weighted by atomic mass is 16.3. The summed E-state index contributed by atoms with van der Waals surface area (Å²) in [5.41, 5.74) is 2.16. The minimum atomic E-state index is 0.188. The van der Waals surface area contributed by atoms with E-state index in [0.717, 1.165) is 11.1 Å². The lowest BCUT2D eigenvalue weighted by Crippen LogP contribution is -1.84. The van der Waals surface area contributed by atoms with Crippen LogP contribution >= 0.6 is 0 Å². The van der Waals surface area contributed by atoms with Crippen molar-refractivity contribution in [2.24, 2.45) is 0 Å². The van der Waals surface area contributed by atoms with Crippen molar-refractivity contribution in [3.63, 3.8) is 0 Å². The Morgan fingerprint density at radius 2 is 1.27 bits per heavy atom. The molecule has 2 N–H and O–H groups in total. The van der Waals surface area contributed by atoms with Gasteiger partial charge in [-0.15, -0.1) is 0 Å². The highest BCUT2D eigenvalue weighted by Gasteiger charge is 2.07. The van der Waals surface area contributed by atoms with Crippen molar-refractivity contribution in [1.82, 2.24) is 0 Å². The fraction of sp³-hybridized carbons (Fsp3) is 0.333. The van der Waals surface area contributed by atoms with E-state index < -0.39 is 0 Å². The van der Waals surface area contributed by atoms with E-state index in [2.05, 4.69) is 0 Å². The zero-order chi connectivity index (χ0) is 8.59. The molecule has 0 unspecified atom stereocenters. The predicted octanol–water partition coefficient (Wildman–Crippen LogP) is 2.02. The van der Waals surface area contributed by atoms with Gasteiger partial charge in [0.15, 0.2) is 0 Å². The first-order valence-corrected chi connectivity index (χ1v) is 3.52. The van der Waals surface area contributed by atoms with E-state index in [4.69, 9.17) is 0 Å². The van der Waals surface area contributed by atoms with Crippen molar-refractivity contribution in [3.8, 4) is 11.5 Å². The van der Waals surface area contributed by atoms with Crippen molar-refractivity contribution in [2.45, 2.75) is 20.8 Å². The average molecular weight is 152 g/mol. The molecular weight excluding hydrogens is 140 g/mol. The molecule has 0 spiro atoms. The Kier molecular flexibility index (Phi) is 1.77. The maximum atomic E-state index is 9.35. The third-order valence-corrected chi connectivity index (χ3v) is 1.89. The summed E-state index contributed by atoms with van der Waals surface area (Å²) in [6.45, 7) is 5.33. The smallest absolute Gasteiger partial charge is 0.125 e. The third kappa shape index (κ3) is 1.16. The van der Waals surface area contributed by atoms with Gasteiger partial charge in [-0.05, 0) is 38.0 Å². The second-order valence-electron chi connectivity index (χ2n) is 2.83. The molecule has 0 radical (unpaired) electrons. The van der Waals surface area contributed by atoms with Gasteiger partial charge >= 0.3 is 0 Å². The number of phenols is 2. The van der Waals surface area contributed by atoms with Crippen LogP contribution in [-0.4, -0.2) is 10.2 Å². The molecule has 0 fully saturated rings. The van der Waals surface area contributed by atoms with Crippen molar-refractivity contribution in [3.05, 3.63) is 22.8 Å². The van der Waals surface area contributed by atoms with Crippen molar-refractivity contribution >= 4 is 0 Å². The van der Waals surface area contributed by atoms with Crippen LogP contribution in [0.15, 0.2) is 6.07 Å². The summed E-state index contributed by atoms with van der Waals surface area (Å²) in [4.78, 5) is 0. The maximum Gasteiger partial charge on any atom is 0.125 e. The molecule has 2 nitrogen and oxygen atoms in total. The zero-order valence-corrected chi connectivity index (χ0v) is 6.97. The molecule has 2 heteroatoms. The first-order chi connectivity index (χ1) is 5.04. The molecule has 0 atom stereocenters. The van der Waals surface area contributed by atoms with Crippen molar-refractivity contribution < 1.29 is 10.2 Å². The molecule has 0 amide bonds. The summed E-state index contributed by atoms with van der Waals surface area (Å²) in [5, 5.41) is 18.7. The fourth-order valence-electron chi connectivity index (χ4n) is 1.17. The van der Waals surface area contributed by atoms with Gasteiger partial charge in [0.25, 0.3) is 0 Å². The Bertz CT molecular complexity index is 264. The molecule has 1 aromatic carbocycles. The number of rotatable bonds is 0. The van der Waals surface area contributed by atoms with Gasteiger partial charge < -0.3 is 10.2 Å². The van der Waals surface area contributed by atoms with Crippen LogP contribution in [0.3, 0.4) is 0 Å². The molecule has 11 heavy (non-hydrogen) atoms. The van der Waals surface area contributed by atoms with Crippen LogP contribution in [0.25, 0.3) is 0 Å². The van der Waals surface area contributed by atoms with Gasteiger partial charge in [-0.2, -0.15) is 0 Å². The molecule has 0 heterocycles. The molecule has 0 aliphatic rings. The monoisotopic (exact) mass is 152 g/mol. The lowest BCUT2D eigenvalue weighted by molar-refractivity contribution is 0.438. The highest BCUT2D eigenvalue weighted by molar-refractivity contribution is 5.51. The summed E-state index contributed by atoms with van der Waals surface area (Å²) < 4.78 is 0. The van der Waals surface area contributed by atoms with Crippen LogP contribution < -0.4 is 0 Å². The van der Waals surface area contributed by atoms with Crippen LogP contribution in [-0.2, 0) is 0 Å². The molecule has 0 aliphatic carbocycles. The lowest BCUT2D eigenvalue weighted by atomic mass is 10.1. The number of aryl methyl sites for hydroxylation is 2. The van der Waals surface area contributed by atoms with Crippen LogP contribution in [0.2, 0.25) is 0 Å². The Labute approximate surface area is 66.1 Å². The number of hydrogen-bond donors (Lipinski definition) is 2. The molecule has 0 aliphatic heterocycles. The third-order valence-electron chi connectivity index (χ3n) is 1.89. The number of aromatic hydroxyl groups is 2. The summed E-state index contributed by atoms with van der Waals surface area (Å²) >= 11 is 0. The van der Waals surface area contributed by atoms with Gasteiger partial charge in [-0.3, -0.25) is 0 Å². The van der Waals surface area contributed by atoms with Crippen LogP contribution in [0.5, 0.6) is 11.5 Å². The average Bonchev–Trinajstić information content (AvgIpc) is 1.97. The summed E-state index contributed by atoms with van der Waals surface area (Å²) in [6, 6.07) is 1.76. The number of hydrogen-bond acceptors (Lipinski definition) is 2. The minimum Gasteiger partial charge on any atom is -0.507 e. The van der Waals surface area contributed by atoms with Crippen LogP contribution in [0.4, 0.5) is 0 Å². The van der Waals surface area contributed by atoms with Gasteiger partial charge in [0.05, 0.1) is 0 Å². The van der Waals surface area contributed by atoms with E-state index in [9.17, 15) is 10.2 Å². The van der Waals surface area contributed by atoms with Crippen LogP contribution in [0.1, 0.15) is 16.7 Å². The van der Waals surface area contributed by atoms with E-state index in [-0.39, 0.29) is 11.5 Å². The number of benzene rings is 1. The fourth-order valence-corrected chi connectivity index (χ4v) is 1.17. The predicted molar refractivity (Wildman–Crippen MR) is 44.0 cm³/mol. The highest BCUT2D eigenvalue weighted by Crippen LogP contribution is 2.31. The molecule has 0 bridgehead atoms. The molecule has 1 aromatic rings. The van der Waals surface area contributed by atoms with Crippen molar-refractivity contribution in [1.29, 1.82) is 0 Å². The standard InChI is InChI=1S/C9H12O2/c1-5-4-6(2)9(11)7(3)8(5)10/h4,10-11H,1-3H3. The second-order valence-corrected chi connectivity index (χ2v) is 2.83. The van der Waals surface area contributed by atoms with Gasteiger partial charge in [0.2, 0.25) is 0 Å². The van der Waals surface area contributed by atoms with E-state index >= 15 is 0 Å². The molecule has 0 saturated heterocycles. The Balaban J connectivity index is 3.46. The molecule has 1 rings (SSSR count). The van der Waals surface area contributed by atoms with Gasteiger partial charge in [-0.1, -0.05) is 0 Å². The van der Waals surface area contributed by atoms with E-state index in [1.807, 2.05) is 13.8 Å². The van der Waals surface area contributed by atoms with Gasteiger partial charge in [0.1, 0.15) is 11.5 Å². The Morgan fingerprint density at radius 1 is 0.909 bits per heavy atom. The topological polar surface area (TPSA) is 40.5 Å². The van der Waals surface area contributed by atoms with E-state index in [0.29, 0.717) is 5.56 Å². The van der Waals surface area contributed by atoms with E-state index in [1.165, 1.54) is 0 Å². The Morgan fingerprint density at radius 3 is 1.64 bits per heavy atom. The second kappa shape index (κ2) is 2.46. The van der Waals surface area contributed by atoms with Crippen LogP contribution in [0, 0.1) is 20.8 Å². The van der Waals surface area contributed by atoms with E-state index in [1.54, 1.807) is 13.0 Å². The zero-order valence-electron chi connectivity index (χ0n) is 6.97. The molecule has 60 valence electrons. The Hall–Kier alpha value is -1.18. The maximum absolute atomic E-state index is 9.35. The lowest BCUT2D eigenvalue weighted by Gasteiger charge is -2.07. The summed E-state index contributed by atoms with van der Waals surface area (Å²) in [7, 11) is 0. The van der Waals surface area contributed by atoms with Crippen molar-refractivity contribution in [2.75, 3.05) is 0 Å². The largest absolute Gasteiger partial charge is 0.507 e. The SMILES string of the molecule is Cc1cc(C)c(O)c(C)c1O. The van der Waals surface area contributed by atoms with Gasteiger partial charge in [-0.25, -0.2) is 0 Å². The first-order valence-electron chi connectivity index (χ1n) is 3.52.